The van der Waals surface area contributed by atoms with Crippen LogP contribution in [-0.2, 0) is 0 Å². The van der Waals surface area contributed by atoms with Gasteiger partial charge in [-0.05, 0) is 52.8 Å². The summed E-state index contributed by atoms with van der Waals surface area (Å²) in [5.74, 6) is 0.860. The Bertz CT molecular complexity index is 1150. The van der Waals surface area contributed by atoms with Crippen LogP contribution in [0, 0.1) is 5.92 Å². The van der Waals surface area contributed by atoms with E-state index in [-0.39, 0.29) is 0 Å². The summed E-state index contributed by atoms with van der Waals surface area (Å²) in [7, 11) is 0. The molecular formula is C27H24N2. The molecule has 5 rings (SSSR count). The third-order valence-electron chi connectivity index (χ3n) is 6.08. The molecule has 0 aromatic carbocycles. The number of nitrogens with zero attached hydrogens (tertiary/aromatic N) is 1. The topological polar surface area (TPSA) is 28.1 Å². The van der Waals surface area contributed by atoms with Crippen molar-refractivity contribution in [1.29, 1.82) is 0 Å². The van der Waals surface area contributed by atoms with Gasteiger partial charge >= 0.3 is 0 Å². The highest BCUT2D eigenvalue weighted by Crippen LogP contribution is 2.43. The number of fused-ring (bicyclic) bond motifs is 2. The molecule has 3 aliphatic carbocycles. The maximum absolute atomic E-state index is 4.71. The molecule has 2 heterocycles. The molecule has 142 valence electrons. The SMILES string of the molecule is C=CC1=C(/C=C2/C=CC=CC2)/C(=C/c2[nH]cc3c2C(C)C2C=CC=CC2=C3)N=C1. The van der Waals surface area contributed by atoms with Crippen LogP contribution in [0.5, 0.6) is 0 Å². The second kappa shape index (κ2) is 7.21. The van der Waals surface area contributed by atoms with Crippen LogP contribution in [0.25, 0.3) is 12.2 Å². The van der Waals surface area contributed by atoms with E-state index in [4.69, 9.17) is 4.99 Å². The van der Waals surface area contributed by atoms with E-state index < -0.39 is 0 Å². The van der Waals surface area contributed by atoms with Crippen molar-refractivity contribution in [1.82, 2.24) is 4.98 Å². The predicted octanol–water partition coefficient (Wildman–Crippen LogP) is 6.61. The Hall–Kier alpha value is -3.39. The normalized spacial score (nSPS) is 27.0. The van der Waals surface area contributed by atoms with Gasteiger partial charge in [0.15, 0.2) is 0 Å². The number of hydrogen-bond acceptors (Lipinski definition) is 1. The lowest BCUT2D eigenvalue weighted by Crippen LogP contribution is -2.16. The van der Waals surface area contributed by atoms with Crippen LogP contribution < -0.4 is 0 Å². The van der Waals surface area contributed by atoms with E-state index in [1.54, 1.807) is 0 Å². The molecule has 2 unspecified atom stereocenters. The Morgan fingerprint density at radius 2 is 2.03 bits per heavy atom. The zero-order valence-corrected chi connectivity index (χ0v) is 16.6. The van der Waals surface area contributed by atoms with Gasteiger partial charge in [0.2, 0.25) is 0 Å². The van der Waals surface area contributed by atoms with Crippen LogP contribution in [0.1, 0.15) is 36.1 Å². The van der Waals surface area contributed by atoms with Crippen LogP contribution in [0.15, 0.2) is 107 Å². The summed E-state index contributed by atoms with van der Waals surface area (Å²) in [5.41, 5.74) is 9.68. The van der Waals surface area contributed by atoms with Gasteiger partial charge in [0, 0.05) is 35.2 Å². The molecule has 0 spiro atoms. The zero-order valence-electron chi connectivity index (χ0n) is 16.6. The summed E-state index contributed by atoms with van der Waals surface area (Å²) in [6.45, 7) is 6.30. The second-order valence-electron chi connectivity index (χ2n) is 7.85. The minimum Gasteiger partial charge on any atom is -0.361 e. The maximum Gasteiger partial charge on any atom is 0.0729 e. The lowest BCUT2D eigenvalue weighted by Gasteiger charge is -2.29. The number of allylic oxidation sites excluding steroid dienone is 13. The van der Waals surface area contributed by atoms with E-state index >= 15 is 0 Å². The molecule has 0 saturated heterocycles. The molecule has 0 radical (unpaired) electrons. The Morgan fingerprint density at radius 1 is 1.14 bits per heavy atom. The highest BCUT2D eigenvalue weighted by Gasteiger charge is 2.29. The molecule has 2 atom stereocenters. The summed E-state index contributed by atoms with van der Waals surface area (Å²) in [6, 6.07) is 0. The van der Waals surface area contributed by atoms with Crippen molar-refractivity contribution < 1.29 is 0 Å². The summed E-state index contributed by atoms with van der Waals surface area (Å²) in [4.78, 5) is 8.21. The predicted molar refractivity (Wildman–Crippen MR) is 124 cm³/mol. The minimum absolute atomic E-state index is 0.422. The van der Waals surface area contributed by atoms with Crippen molar-refractivity contribution >= 4 is 18.4 Å². The lowest BCUT2D eigenvalue weighted by molar-refractivity contribution is 0.617. The monoisotopic (exact) mass is 376 g/mol. The molecule has 1 N–H and O–H groups in total. The third-order valence-corrected chi connectivity index (χ3v) is 6.08. The van der Waals surface area contributed by atoms with Gasteiger partial charge in [-0.1, -0.05) is 68.2 Å². The van der Waals surface area contributed by atoms with Crippen LogP contribution >= 0.6 is 0 Å². The Labute approximate surface area is 172 Å². The smallest absolute Gasteiger partial charge is 0.0729 e. The summed E-state index contributed by atoms with van der Waals surface area (Å²) in [6.07, 6.45) is 31.0. The number of rotatable bonds is 3. The van der Waals surface area contributed by atoms with Gasteiger partial charge < -0.3 is 4.98 Å². The molecule has 1 aromatic rings. The molecule has 0 bridgehead atoms. The van der Waals surface area contributed by atoms with Crippen LogP contribution in [-0.4, -0.2) is 11.2 Å². The summed E-state index contributed by atoms with van der Waals surface area (Å²) in [5, 5.41) is 0. The van der Waals surface area contributed by atoms with Crippen LogP contribution in [0.4, 0.5) is 0 Å². The van der Waals surface area contributed by atoms with Crippen molar-refractivity contribution in [2.75, 3.05) is 0 Å². The standard InChI is InChI=1S/C27H24N2/c1-3-20-16-28-25(24(20)13-19-9-5-4-6-10-19)15-26-27-18(2)23-12-8-7-11-21(23)14-22(27)17-29-26/h3-9,11-18,23,29H,1,10H2,2H3/b19-13-,25-15-. The average Bonchev–Trinajstić information content (AvgIpc) is 3.33. The highest BCUT2D eigenvalue weighted by atomic mass is 14.8. The van der Waals surface area contributed by atoms with Crippen molar-refractivity contribution in [2.45, 2.75) is 19.3 Å². The van der Waals surface area contributed by atoms with Gasteiger partial charge in [-0.25, -0.2) is 0 Å². The second-order valence-corrected chi connectivity index (χ2v) is 7.85. The number of nitrogens with one attached hydrogen (secondary N) is 1. The van der Waals surface area contributed by atoms with Crippen LogP contribution in [0.2, 0.25) is 0 Å². The molecule has 1 aromatic heterocycles. The van der Waals surface area contributed by atoms with Crippen LogP contribution in [0.3, 0.4) is 0 Å². The van der Waals surface area contributed by atoms with E-state index in [0.29, 0.717) is 11.8 Å². The number of H-pyrrole nitrogens is 1. The van der Waals surface area contributed by atoms with Gasteiger partial charge in [-0.2, -0.15) is 0 Å². The fourth-order valence-electron chi connectivity index (χ4n) is 4.57. The molecule has 29 heavy (non-hydrogen) atoms. The molecule has 2 heteroatoms. The average molecular weight is 377 g/mol. The molecule has 4 aliphatic rings. The first kappa shape index (κ1) is 17.7. The van der Waals surface area contributed by atoms with E-state index in [9.17, 15) is 0 Å². The molecule has 1 aliphatic heterocycles. The van der Waals surface area contributed by atoms with Gasteiger partial charge in [0.1, 0.15) is 0 Å². The number of aromatic nitrogens is 1. The van der Waals surface area contributed by atoms with Gasteiger partial charge in [0.05, 0.1) is 5.70 Å². The maximum atomic E-state index is 4.71. The number of aliphatic imine (C=N–C) groups is 1. The fourth-order valence-corrected chi connectivity index (χ4v) is 4.57. The molecule has 0 saturated carbocycles. The van der Waals surface area contributed by atoms with Crippen molar-refractivity contribution in [3.8, 4) is 0 Å². The van der Waals surface area contributed by atoms with Gasteiger partial charge in [0.25, 0.3) is 0 Å². The molecule has 2 nitrogen and oxygen atoms in total. The van der Waals surface area contributed by atoms with E-state index in [2.05, 4.69) is 91.5 Å². The van der Waals surface area contributed by atoms with E-state index in [0.717, 1.165) is 29.0 Å². The number of aromatic amines is 1. The molecule has 0 fully saturated rings. The fraction of sp³-hybridized carbons (Fsp3) is 0.148. The molecular weight excluding hydrogens is 352 g/mol. The number of hydrogen-bond donors (Lipinski definition) is 1. The van der Waals surface area contributed by atoms with Crippen molar-refractivity contribution in [3.05, 3.63) is 118 Å². The van der Waals surface area contributed by atoms with Crippen molar-refractivity contribution in [3.63, 3.8) is 0 Å². The first-order valence-corrected chi connectivity index (χ1v) is 10.2. The van der Waals surface area contributed by atoms with Gasteiger partial charge in [-0.3, -0.25) is 4.99 Å². The minimum atomic E-state index is 0.422. The first-order valence-electron chi connectivity index (χ1n) is 10.2. The quantitative estimate of drug-likeness (QED) is 0.615. The Balaban J connectivity index is 1.56. The zero-order chi connectivity index (χ0) is 19.8. The van der Waals surface area contributed by atoms with E-state index in [1.807, 2.05) is 12.3 Å². The van der Waals surface area contributed by atoms with Crippen molar-refractivity contribution in [2.24, 2.45) is 10.9 Å². The molecule has 0 amide bonds. The van der Waals surface area contributed by atoms with Gasteiger partial charge in [-0.15, -0.1) is 0 Å². The summed E-state index contributed by atoms with van der Waals surface area (Å²) < 4.78 is 0. The first-order chi connectivity index (χ1) is 14.2. The third kappa shape index (κ3) is 3.11. The lowest BCUT2D eigenvalue weighted by atomic mass is 9.74. The Morgan fingerprint density at radius 3 is 2.86 bits per heavy atom. The largest absolute Gasteiger partial charge is 0.361 e. The van der Waals surface area contributed by atoms with E-state index in [1.165, 1.54) is 22.3 Å². The Kier molecular flexibility index (Phi) is 4.40. The highest BCUT2D eigenvalue weighted by molar-refractivity contribution is 5.92. The summed E-state index contributed by atoms with van der Waals surface area (Å²) >= 11 is 0.